The maximum Gasteiger partial charge on any atom is 0.410 e. The molecule has 0 aromatic carbocycles. The molecule has 1 aliphatic heterocycles. The number of nitrogens with zero attached hydrogens (tertiary/aromatic N) is 1. The van der Waals surface area contributed by atoms with Crippen LogP contribution in [0, 0.1) is 23.2 Å². The average Bonchev–Trinajstić information content (AvgIpc) is 2.96. The van der Waals surface area contributed by atoms with Crippen LogP contribution in [0.2, 0.25) is 0 Å². The minimum atomic E-state index is -0.315. The summed E-state index contributed by atoms with van der Waals surface area (Å²) in [6.07, 6.45) is 5.32. The Balaban J connectivity index is 0.00000169. The summed E-state index contributed by atoms with van der Waals surface area (Å²) in [6.45, 7) is 1.28. The van der Waals surface area contributed by atoms with E-state index in [9.17, 15) is 9.59 Å². The lowest BCUT2D eigenvalue weighted by Gasteiger charge is -2.57. The first-order valence-electron chi connectivity index (χ1n) is 8.80. The monoisotopic (exact) mass is 358 g/mol. The lowest BCUT2D eigenvalue weighted by atomic mass is 9.48. The minimum Gasteiger partial charge on any atom is -0.469 e. The van der Waals surface area contributed by atoms with Crippen LogP contribution in [0.15, 0.2) is 0 Å². The summed E-state index contributed by atoms with van der Waals surface area (Å²) < 4.78 is 11.0. The highest BCUT2D eigenvalue weighted by Crippen LogP contribution is 2.61. The molecular weight excluding hydrogens is 332 g/mol. The molecule has 5 aliphatic rings. The molecule has 4 bridgehead atoms. The van der Waals surface area contributed by atoms with Gasteiger partial charge in [0.2, 0.25) is 0 Å². The van der Waals surface area contributed by atoms with E-state index < -0.39 is 0 Å². The van der Waals surface area contributed by atoms with Gasteiger partial charge in [0.25, 0.3) is 0 Å². The number of carbonyl (C=O) groups is 2. The lowest BCUT2D eigenvalue weighted by Crippen LogP contribution is -2.58. The van der Waals surface area contributed by atoms with Gasteiger partial charge in [-0.05, 0) is 56.3 Å². The van der Waals surface area contributed by atoms with Crippen molar-refractivity contribution in [3.63, 3.8) is 0 Å². The highest BCUT2D eigenvalue weighted by atomic mass is 35.5. The van der Waals surface area contributed by atoms with Gasteiger partial charge in [-0.2, -0.15) is 0 Å². The van der Waals surface area contributed by atoms with Crippen LogP contribution in [-0.2, 0) is 14.3 Å². The van der Waals surface area contributed by atoms with E-state index in [0.717, 1.165) is 38.5 Å². The summed E-state index contributed by atoms with van der Waals surface area (Å²) in [6, 6.07) is 0.0728. The van der Waals surface area contributed by atoms with Crippen molar-refractivity contribution in [3.05, 3.63) is 0 Å². The van der Waals surface area contributed by atoms with Gasteiger partial charge in [-0.25, -0.2) is 4.79 Å². The maximum absolute atomic E-state index is 12.4. The van der Waals surface area contributed by atoms with E-state index in [4.69, 9.17) is 15.2 Å². The van der Waals surface area contributed by atoms with Gasteiger partial charge in [-0.1, -0.05) is 0 Å². The molecule has 6 nitrogen and oxygen atoms in total. The Kier molecular flexibility index (Phi) is 4.73. The minimum absolute atomic E-state index is 0. The molecule has 1 amide bonds. The fourth-order valence-corrected chi connectivity index (χ4v) is 5.78. The van der Waals surface area contributed by atoms with E-state index in [0.29, 0.717) is 30.8 Å². The molecule has 5 unspecified atom stereocenters. The molecule has 1 heterocycles. The zero-order valence-corrected chi connectivity index (χ0v) is 14.9. The van der Waals surface area contributed by atoms with Crippen molar-refractivity contribution in [3.8, 4) is 0 Å². The quantitative estimate of drug-likeness (QED) is 0.763. The van der Waals surface area contributed by atoms with Crippen LogP contribution in [0.5, 0.6) is 0 Å². The Morgan fingerprint density at radius 1 is 1.17 bits per heavy atom. The molecule has 24 heavy (non-hydrogen) atoms. The normalized spacial score (nSPS) is 42.6. The Labute approximate surface area is 148 Å². The number of rotatable bonds is 2. The van der Waals surface area contributed by atoms with Crippen molar-refractivity contribution in [2.75, 3.05) is 20.2 Å². The molecule has 2 N–H and O–H groups in total. The summed E-state index contributed by atoms with van der Waals surface area (Å²) in [5.74, 6) is 1.13. The fraction of sp³-hybridized carbons (Fsp3) is 0.882. The van der Waals surface area contributed by atoms with Crippen molar-refractivity contribution in [2.24, 2.45) is 28.9 Å². The number of hydrogen-bond donors (Lipinski definition) is 1. The van der Waals surface area contributed by atoms with Gasteiger partial charge < -0.3 is 20.1 Å². The highest BCUT2D eigenvalue weighted by Gasteiger charge is 2.60. The number of likely N-dealkylation sites (tertiary alicyclic amines) is 1. The van der Waals surface area contributed by atoms with Crippen LogP contribution in [0.3, 0.4) is 0 Å². The first kappa shape index (κ1) is 17.8. The molecule has 136 valence electrons. The summed E-state index contributed by atoms with van der Waals surface area (Å²) in [7, 11) is 1.48. The SMILES string of the molecule is COC(=O)C12CC3CC(C1)C(OC(=O)N1CCC(N)C1)[C@H](C3)C2.Cl. The molecule has 6 atom stereocenters. The third-order valence-electron chi connectivity index (χ3n) is 6.52. The number of esters is 1. The van der Waals surface area contributed by atoms with Crippen molar-refractivity contribution in [1.29, 1.82) is 0 Å². The topological polar surface area (TPSA) is 81.9 Å². The van der Waals surface area contributed by atoms with Crippen LogP contribution >= 0.6 is 12.4 Å². The van der Waals surface area contributed by atoms with E-state index in [-0.39, 0.29) is 42.0 Å². The third-order valence-corrected chi connectivity index (χ3v) is 6.52. The molecule has 4 aliphatic carbocycles. The number of amides is 1. The van der Waals surface area contributed by atoms with Gasteiger partial charge in [0.05, 0.1) is 12.5 Å². The van der Waals surface area contributed by atoms with E-state index in [1.807, 2.05) is 0 Å². The Morgan fingerprint density at radius 2 is 1.83 bits per heavy atom. The van der Waals surface area contributed by atoms with Crippen molar-refractivity contribution < 1.29 is 19.1 Å². The Hall–Kier alpha value is -1.01. The fourth-order valence-electron chi connectivity index (χ4n) is 5.78. The number of nitrogens with two attached hydrogens (primary N) is 1. The van der Waals surface area contributed by atoms with Crippen molar-refractivity contribution in [2.45, 2.75) is 50.7 Å². The summed E-state index contributed by atoms with van der Waals surface area (Å²) in [5, 5.41) is 0. The van der Waals surface area contributed by atoms with Gasteiger partial charge in [0.1, 0.15) is 6.10 Å². The van der Waals surface area contributed by atoms with Gasteiger partial charge in [0.15, 0.2) is 0 Å². The van der Waals surface area contributed by atoms with Gasteiger partial charge >= 0.3 is 12.1 Å². The van der Waals surface area contributed by atoms with Crippen LogP contribution < -0.4 is 5.73 Å². The molecule has 0 aromatic rings. The number of carbonyl (C=O) groups excluding carboxylic acids is 2. The van der Waals surface area contributed by atoms with E-state index >= 15 is 0 Å². The van der Waals surface area contributed by atoms with E-state index in [1.165, 1.54) is 7.11 Å². The molecule has 4 saturated carbocycles. The summed E-state index contributed by atoms with van der Waals surface area (Å²) >= 11 is 0. The summed E-state index contributed by atoms with van der Waals surface area (Å²) in [4.78, 5) is 26.4. The van der Waals surface area contributed by atoms with Gasteiger partial charge in [-0.15, -0.1) is 12.4 Å². The highest BCUT2D eigenvalue weighted by molar-refractivity contribution is 5.85. The molecule has 7 heteroatoms. The molecule has 5 rings (SSSR count). The second-order valence-corrected chi connectivity index (χ2v) is 8.09. The predicted octanol–water partition coefficient (Wildman–Crippen LogP) is 1.95. The van der Waals surface area contributed by atoms with Crippen LogP contribution in [0.1, 0.15) is 38.5 Å². The number of ether oxygens (including phenoxy) is 2. The number of hydrogen-bond acceptors (Lipinski definition) is 5. The van der Waals surface area contributed by atoms with Crippen LogP contribution in [0.4, 0.5) is 4.79 Å². The van der Waals surface area contributed by atoms with Crippen molar-refractivity contribution >= 4 is 24.5 Å². The second-order valence-electron chi connectivity index (χ2n) is 8.09. The smallest absolute Gasteiger partial charge is 0.410 e. The molecule has 1 saturated heterocycles. The zero-order chi connectivity index (χ0) is 16.2. The largest absolute Gasteiger partial charge is 0.469 e. The lowest BCUT2D eigenvalue weighted by molar-refractivity contribution is -0.182. The molecule has 5 fully saturated rings. The predicted molar refractivity (Wildman–Crippen MR) is 89.7 cm³/mol. The molecule has 0 spiro atoms. The van der Waals surface area contributed by atoms with Crippen LogP contribution in [0.25, 0.3) is 0 Å². The zero-order valence-electron chi connectivity index (χ0n) is 14.1. The molecule has 0 radical (unpaired) electrons. The van der Waals surface area contributed by atoms with E-state index in [2.05, 4.69) is 0 Å². The number of halogens is 1. The standard InChI is InChI=1S/C17H26N2O4.ClH/c1-22-15(20)17-6-10-4-11(7-17)14(12(5-10)8-17)23-16(21)19-3-2-13(18)9-19;/h10-14H,2-9,18H2,1H3;1H/t10?,11-,12?,13?,14?,17?;/m1./s1. The average molecular weight is 359 g/mol. The van der Waals surface area contributed by atoms with Crippen molar-refractivity contribution in [1.82, 2.24) is 4.90 Å². The Bertz CT molecular complexity index is 513. The second kappa shape index (κ2) is 6.37. The Morgan fingerprint density at radius 3 is 2.38 bits per heavy atom. The molecular formula is C17H27ClN2O4. The molecule has 0 aromatic heterocycles. The van der Waals surface area contributed by atoms with Gasteiger partial charge in [0, 0.05) is 19.1 Å². The van der Waals surface area contributed by atoms with Crippen LogP contribution in [-0.4, -0.2) is 49.3 Å². The summed E-state index contributed by atoms with van der Waals surface area (Å²) in [5.41, 5.74) is 5.56. The first-order valence-corrected chi connectivity index (χ1v) is 8.80. The third kappa shape index (κ3) is 2.77. The van der Waals surface area contributed by atoms with Gasteiger partial charge in [-0.3, -0.25) is 4.79 Å². The van der Waals surface area contributed by atoms with E-state index in [1.54, 1.807) is 4.90 Å². The number of methoxy groups -OCH3 is 1. The first-order chi connectivity index (χ1) is 11.0. The maximum atomic E-state index is 12.4.